The smallest absolute Gasteiger partial charge is 0.339 e. The van der Waals surface area contributed by atoms with Gasteiger partial charge in [-0.05, 0) is 42.9 Å². The van der Waals surface area contributed by atoms with Crippen molar-refractivity contribution in [1.29, 1.82) is 0 Å². The number of carbonyl (C=O) groups is 2. The fraction of sp³-hybridized carbons (Fsp3) is 0.469. The van der Waals surface area contributed by atoms with Gasteiger partial charge < -0.3 is 9.80 Å². The SMILES string of the molecule is Cc1cc(Cc2nccn3c(C4=CCN=C4C(F)(F)F)cnc23)ccc1C(=O)N1CCN(C(=O)[C@H]2CCCC[C@H]2C)CC1. The quantitative estimate of drug-likeness (QED) is 0.411. The average Bonchev–Trinajstić information content (AvgIpc) is 3.65. The first-order valence-corrected chi connectivity index (χ1v) is 14.9. The maximum Gasteiger partial charge on any atom is 0.433 e. The molecule has 2 amide bonds. The molecule has 43 heavy (non-hydrogen) atoms. The zero-order chi connectivity index (χ0) is 30.3. The molecule has 226 valence electrons. The van der Waals surface area contributed by atoms with Crippen LogP contribution in [0, 0.1) is 18.8 Å². The molecule has 0 radical (unpaired) electrons. The molecule has 11 heteroatoms. The fourth-order valence-electron chi connectivity index (χ4n) is 6.66. The van der Waals surface area contributed by atoms with Gasteiger partial charge in [-0.1, -0.05) is 38.0 Å². The van der Waals surface area contributed by atoms with E-state index in [1.165, 1.54) is 18.7 Å². The molecule has 2 aliphatic heterocycles. The van der Waals surface area contributed by atoms with Crippen molar-refractivity contribution < 1.29 is 22.8 Å². The summed E-state index contributed by atoms with van der Waals surface area (Å²) in [6.07, 6.45) is 6.27. The fourth-order valence-corrected chi connectivity index (χ4v) is 6.66. The topological polar surface area (TPSA) is 83.2 Å². The Morgan fingerprint density at radius 1 is 1.02 bits per heavy atom. The number of nitrogens with zero attached hydrogens (tertiary/aromatic N) is 6. The zero-order valence-corrected chi connectivity index (χ0v) is 24.4. The van der Waals surface area contributed by atoms with Crippen LogP contribution in [0.15, 0.2) is 47.9 Å². The maximum absolute atomic E-state index is 13.5. The number of halogens is 3. The monoisotopic (exact) mass is 592 g/mol. The molecule has 6 rings (SSSR count). The molecule has 2 aromatic heterocycles. The lowest BCUT2D eigenvalue weighted by molar-refractivity contribution is -0.139. The highest BCUT2D eigenvalue weighted by Gasteiger charge is 2.40. The standard InChI is InChI=1S/C32H35F3N6O2/c1-20-5-3-4-6-23(20)30(42)39-13-15-40(16-14-39)31(43)24-8-7-22(17-21(24)2)18-26-29-38-19-27(41(29)12-11-36-26)25-9-10-37-28(25)32(33,34)35/h7-9,11-12,17,19-20,23H,3-6,10,13-16,18H2,1-2H3/t20-,23+/m1/s1. The Labute approximate surface area is 248 Å². The molecule has 2 atom stereocenters. The predicted molar refractivity (Wildman–Crippen MR) is 157 cm³/mol. The van der Waals surface area contributed by atoms with Crippen LogP contribution in [0.25, 0.3) is 11.2 Å². The first kappa shape index (κ1) is 29.1. The van der Waals surface area contributed by atoms with Crippen LogP contribution < -0.4 is 0 Å². The molecule has 3 aliphatic rings. The minimum atomic E-state index is -4.54. The summed E-state index contributed by atoms with van der Waals surface area (Å²) in [6, 6.07) is 5.65. The summed E-state index contributed by atoms with van der Waals surface area (Å²) in [6.45, 7) is 6.19. The number of benzene rings is 1. The lowest BCUT2D eigenvalue weighted by Crippen LogP contribution is -2.52. The second-order valence-electron chi connectivity index (χ2n) is 11.8. The molecular weight excluding hydrogens is 557 g/mol. The van der Waals surface area contributed by atoms with Gasteiger partial charge in [0.05, 0.1) is 24.1 Å². The number of aromatic nitrogens is 3. The number of hydrogen-bond donors (Lipinski definition) is 0. The summed E-state index contributed by atoms with van der Waals surface area (Å²) in [5.74, 6) is 0.709. The van der Waals surface area contributed by atoms with Gasteiger partial charge in [0, 0.05) is 62.0 Å². The Morgan fingerprint density at radius 3 is 2.49 bits per heavy atom. The van der Waals surface area contributed by atoms with Crippen molar-refractivity contribution in [3.05, 3.63) is 70.9 Å². The van der Waals surface area contributed by atoms with Crippen molar-refractivity contribution in [3.8, 4) is 0 Å². The van der Waals surface area contributed by atoms with Crippen LogP contribution in [0.3, 0.4) is 0 Å². The Balaban J connectivity index is 1.13. The maximum atomic E-state index is 13.5. The van der Waals surface area contributed by atoms with Crippen molar-refractivity contribution in [2.24, 2.45) is 16.8 Å². The Bertz CT molecular complexity index is 1620. The number of imidazole rings is 1. The van der Waals surface area contributed by atoms with Gasteiger partial charge in [0.15, 0.2) is 5.65 Å². The van der Waals surface area contributed by atoms with Crippen molar-refractivity contribution in [3.63, 3.8) is 0 Å². The van der Waals surface area contributed by atoms with Gasteiger partial charge in [0.25, 0.3) is 5.91 Å². The molecule has 1 aliphatic carbocycles. The molecule has 1 aromatic carbocycles. The van der Waals surface area contributed by atoms with Gasteiger partial charge in [-0.25, -0.2) is 4.98 Å². The van der Waals surface area contributed by atoms with E-state index in [2.05, 4.69) is 21.9 Å². The molecule has 2 fully saturated rings. The first-order chi connectivity index (χ1) is 20.6. The normalized spacial score (nSPS) is 21.2. The highest BCUT2D eigenvalue weighted by atomic mass is 19.4. The summed E-state index contributed by atoms with van der Waals surface area (Å²) >= 11 is 0. The Morgan fingerprint density at radius 2 is 1.77 bits per heavy atom. The Hall–Kier alpha value is -4.02. The number of allylic oxidation sites excluding steroid dienone is 1. The highest BCUT2D eigenvalue weighted by molar-refractivity contribution is 6.27. The van der Waals surface area contributed by atoms with Gasteiger partial charge in [-0.2, -0.15) is 13.2 Å². The van der Waals surface area contributed by atoms with Crippen molar-refractivity contribution in [2.75, 3.05) is 32.7 Å². The minimum Gasteiger partial charge on any atom is -0.339 e. The number of piperazine rings is 1. The van der Waals surface area contributed by atoms with Crippen LogP contribution in [0.5, 0.6) is 0 Å². The largest absolute Gasteiger partial charge is 0.433 e. The van der Waals surface area contributed by atoms with E-state index in [1.807, 2.05) is 34.9 Å². The second kappa shape index (κ2) is 11.6. The molecule has 0 N–H and O–H groups in total. The van der Waals surface area contributed by atoms with Crippen LogP contribution >= 0.6 is 0 Å². The van der Waals surface area contributed by atoms with E-state index in [0.717, 1.165) is 30.4 Å². The van der Waals surface area contributed by atoms with Gasteiger partial charge in [-0.3, -0.25) is 24.0 Å². The molecule has 1 saturated carbocycles. The van der Waals surface area contributed by atoms with Crippen molar-refractivity contribution in [1.82, 2.24) is 24.2 Å². The number of amides is 2. The van der Waals surface area contributed by atoms with Crippen LogP contribution in [0.4, 0.5) is 13.2 Å². The number of alkyl halides is 3. The van der Waals surface area contributed by atoms with E-state index in [-0.39, 0.29) is 29.9 Å². The molecule has 0 spiro atoms. The van der Waals surface area contributed by atoms with Crippen molar-refractivity contribution >= 4 is 28.7 Å². The summed E-state index contributed by atoms with van der Waals surface area (Å²) < 4.78 is 42.1. The molecule has 1 saturated heterocycles. The lowest BCUT2D eigenvalue weighted by Gasteiger charge is -2.38. The van der Waals surface area contributed by atoms with E-state index in [9.17, 15) is 22.8 Å². The summed E-state index contributed by atoms with van der Waals surface area (Å²) in [5, 5.41) is 0. The second-order valence-corrected chi connectivity index (χ2v) is 11.8. The van der Waals surface area contributed by atoms with E-state index in [0.29, 0.717) is 61.1 Å². The van der Waals surface area contributed by atoms with E-state index >= 15 is 0 Å². The Kier molecular flexibility index (Phi) is 7.83. The molecule has 3 aromatic rings. The third-order valence-corrected chi connectivity index (χ3v) is 9.05. The summed E-state index contributed by atoms with van der Waals surface area (Å²) in [7, 11) is 0. The average molecular weight is 593 g/mol. The van der Waals surface area contributed by atoms with Crippen LogP contribution in [-0.2, 0) is 11.2 Å². The predicted octanol–water partition coefficient (Wildman–Crippen LogP) is 5.14. The van der Waals surface area contributed by atoms with Crippen molar-refractivity contribution in [2.45, 2.75) is 52.1 Å². The number of aliphatic imine (C=N–C) groups is 1. The van der Waals surface area contributed by atoms with Crippen LogP contribution in [0.1, 0.15) is 65.5 Å². The number of rotatable bonds is 5. The zero-order valence-electron chi connectivity index (χ0n) is 24.4. The summed E-state index contributed by atoms with van der Waals surface area (Å²) in [4.78, 5) is 42.8. The summed E-state index contributed by atoms with van der Waals surface area (Å²) in [5.41, 5.74) is 2.89. The molecule has 8 nitrogen and oxygen atoms in total. The number of fused-ring (bicyclic) bond motifs is 1. The number of hydrogen-bond acceptors (Lipinski definition) is 5. The number of carbonyl (C=O) groups excluding carboxylic acids is 2. The molecular formula is C32H35F3N6O2. The molecule has 0 bridgehead atoms. The van der Waals surface area contributed by atoms with Gasteiger partial charge in [0.1, 0.15) is 5.71 Å². The minimum absolute atomic E-state index is 0.0182. The van der Waals surface area contributed by atoms with Gasteiger partial charge in [0.2, 0.25) is 5.91 Å². The number of aryl methyl sites for hydroxylation is 1. The first-order valence-electron chi connectivity index (χ1n) is 14.9. The van der Waals surface area contributed by atoms with E-state index in [1.54, 1.807) is 16.8 Å². The molecule has 0 unspecified atom stereocenters. The van der Waals surface area contributed by atoms with E-state index in [4.69, 9.17) is 0 Å². The van der Waals surface area contributed by atoms with Gasteiger partial charge >= 0.3 is 6.18 Å². The van der Waals surface area contributed by atoms with E-state index < -0.39 is 11.9 Å². The lowest BCUT2D eigenvalue weighted by atomic mass is 9.79. The third-order valence-electron chi connectivity index (χ3n) is 9.05. The van der Waals surface area contributed by atoms with Gasteiger partial charge in [-0.15, -0.1) is 0 Å². The third kappa shape index (κ3) is 5.69. The van der Waals surface area contributed by atoms with Crippen LogP contribution in [-0.4, -0.2) is 80.6 Å². The highest BCUT2D eigenvalue weighted by Crippen LogP contribution is 2.33. The van der Waals surface area contributed by atoms with Crippen LogP contribution in [0.2, 0.25) is 0 Å². The molecule has 4 heterocycles.